The Balaban J connectivity index is 1.31. The summed E-state index contributed by atoms with van der Waals surface area (Å²) in [6, 6.07) is 12.2. The zero-order valence-corrected chi connectivity index (χ0v) is 56.7. The van der Waals surface area contributed by atoms with Crippen molar-refractivity contribution in [3.05, 3.63) is 48.5 Å². The van der Waals surface area contributed by atoms with Crippen molar-refractivity contribution in [1.29, 1.82) is 0 Å². The predicted octanol–water partition coefficient (Wildman–Crippen LogP) is 1.35. The minimum atomic E-state index is -1.93. The summed E-state index contributed by atoms with van der Waals surface area (Å²) in [4.78, 5) is 177. The van der Waals surface area contributed by atoms with E-state index in [1.165, 1.54) is 24.3 Å². The predicted molar refractivity (Wildman–Crippen MR) is 320 cm³/mol. The molecule has 6 rings (SSSR count). The monoisotopic (exact) mass is 1420 g/mol. The molecule has 2 aromatic rings. The number of carbonyl (C=O) groups is 14. The third-order valence-electron chi connectivity index (χ3n) is 14.3. The summed E-state index contributed by atoms with van der Waals surface area (Å²) in [7, 11) is 0. The van der Waals surface area contributed by atoms with Gasteiger partial charge in [0.2, 0.25) is 24.8 Å². The van der Waals surface area contributed by atoms with Crippen LogP contribution in [0.15, 0.2) is 48.5 Å². The molecule has 0 N–H and O–H groups in total. The van der Waals surface area contributed by atoms with Crippen LogP contribution in [0.4, 0.5) is 0 Å². The molecular weight excluding hydrogens is 1340 g/mol. The molecule has 4 fully saturated rings. The molecular formula is C64H78O36. The van der Waals surface area contributed by atoms with Crippen molar-refractivity contribution in [3.63, 3.8) is 0 Å². The Morgan fingerprint density at radius 2 is 0.430 bits per heavy atom. The lowest BCUT2D eigenvalue weighted by molar-refractivity contribution is -0.354. The first kappa shape index (κ1) is 79.4. The summed E-state index contributed by atoms with van der Waals surface area (Å²) >= 11 is 0. The van der Waals surface area contributed by atoms with Crippen LogP contribution in [0.5, 0.6) is 11.5 Å². The van der Waals surface area contributed by atoms with Gasteiger partial charge in [0.05, 0.1) is 0 Å². The molecule has 0 aromatic heterocycles. The number of ether oxygens (including phenoxy) is 22. The third kappa shape index (κ3) is 23.2. The van der Waals surface area contributed by atoms with E-state index in [2.05, 4.69) is 0 Å². The van der Waals surface area contributed by atoms with E-state index in [9.17, 15) is 67.1 Å². The Kier molecular flexibility index (Phi) is 28.9. The van der Waals surface area contributed by atoms with Crippen LogP contribution in [-0.2, 0) is 162 Å². The van der Waals surface area contributed by atoms with Crippen molar-refractivity contribution in [3.8, 4) is 22.6 Å². The average Bonchev–Trinajstić information content (AvgIpc) is 0.772. The van der Waals surface area contributed by atoms with Crippen molar-refractivity contribution in [1.82, 2.24) is 0 Å². The molecule has 36 heteroatoms. The van der Waals surface area contributed by atoms with Crippen molar-refractivity contribution < 1.29 is 171 Å². The molecule has 0 aliphatic carbocycles. The minimum Gasteiger partial charge on any atom is -0.463 e. The van der Waals surface area contributed by atoms with Gasteiger partial charge in [0.15, 0.2) is 61.4 Å². The molecule has 0 radical (unpaired) electrons. The molecule has 0 spiro atoms. The van der Waals surface area contributed by atoms with Crippen LogP contribution in [0.25, 0.3) is 11.1 Å². The highest BCUT2D eigenvalue weighted by atomic mass is 16.8. The fourth-order valence-electron chi connectivity index (χ4n) is 10.9. The molecule has 0 amide bonds. The van der Waals surface area contributed by atoms with Crippen LogP contribution < -0.4 is 9.47 Å². The van der Waals surface area contributed by atoms with Gasteiger partial charge in [-0.05, 0) is 35.4 Å². The molecule has 20 atom stereocenters. The summed E-state index contributed by atoms with van der Waals surface area (Å²) < 4.78 is 128. The molecule has 4 heterocycles. The van der Waals surface area contributed by atoms with Gasteiger partial charge in [-0.2, -0.15) is 0 Å². The van der Waals surface area contributed by atoms with Crippen LogP contribution in [0.2, 0.25) is 0 Å². The largest absolute Gasteiger partial charge is 0.463 e. The first-order valence-corrected chi connectivity index (χ1v) is 30.8. The lowest BCUT2D eigenvalue weighted by Gasteiger charge is -2.48. The molecule has 2 aromatic carbocycles. The van der Waals surface area contributed by atoms with Crippen LogP contribution in [0, 0.1) is 0 Å². The third-order valence-corrected chi connectivity index (χ3v) is 14.3. The molecule has 36 nitrogen and oxygen atoms in total. The molecule has 100 heavy (non-hydrogen) atoms. The summed E-state index contributed by atoms with van der Waals surface area (Å²) in [5.74, 6) is -12.9. The van der Waals surface area contributed by atoms with Gasteiger partial charge in [0, 0.05) is 96.9 Å². The Morgan fingerprint density at radius 1 is 0.240 bits per heavy atom. The van der Waals surface area contributed by atoms with Gasteiger partial charge in [-0.1, -0.05) is 24.3 Å². The average molecular weight is 1420 g/mol. The number of esters is 14. The van der Waals surface area contributed by atoms with Crippen LogP contribution in [0.3, 0.4) is 0 Å². The van der Waals surface area contributed by atoms with E-state index in [1.807, 2.05) is 0 Å². The summed E-state index contributed by atoms with van der Waals surface area (Å²) in [6.45, 7) is 11.6. The van der Waals surface area contributed by atoms with E-state index < -0.39 is 233 Å². The zero-order chi connectivity index (χ0) is 74.0. The SMILES string of the molecule is CC(=O)OC[C@H]1O[C@@H](O[C@H]2[C@H](OC(C)=O)[C@@H](OC(C)=O)[C@H](Oc3ccc(-c4ccc(O[C@@H]5O[C@H](COC(C)=O)[C@@H](O[C@@H]6O[C@H](COC(C)=O)[C@H](OC(C)=O)[C@H](OC(C)=O)[C@H]6OC(C)=O)[C@H](OC(C)=O)[C@H]5OC(C)=O)cc4)cc3)O[C@@H]2COC(C)=O)[C@H](OC(C)=O)[C@@H](OC(C)=O)[C@H]1OC(C)=O. The fraction of sp³-hybridized carbons (Fsp3) is 0.594. The van der Waals surface area contributed by atoms with Crippen LogP contribution in [-0.4, -0.2) is 233 Å². The van der Waals surface area contributed by atoms with E-state index in [0.29, 0.717) is 11.1 Å². The smallest absolute Gasteiger partial charge is 0.303 e. The fourth-order valence-corrected chi connectivity index (χ4v) is 10.9. The highest BCUT2D eigenvalue weighted by Crippen LogP contribution is 2.39. The molecule has 550 valence electrons. The number of hydrogen-bond acceptors (Lipinski definition) is 36. The maximum atomic E-state index is 13.1. The van der Waals surface area contributed by atoms with E-state index in [0.717, 1.165) is 96.9 Å². The van der Waals surface area contributed by atoms with Crippen molar-refractivity contribution in [2.24, 2.45) is 0 Å². The maximum absolute atomic E-state index is 13.1. The molecule has 0 saturated carbocycles. The Morgan fingerprint density at radius 3 is 0.660 bits per heavy atom. The van der Waals surface area contributed by atoms with Gasteiger partial charge in [0.1, 0.15) is 74.6 Å². The first-order chi connectivity index (χ1) is 47.1. The molecule has 0 bridgehead atoms. The second kappa shape index (κ2) is 36.5. The normalized spacial score (nSPS) is 29.1. The first-order valence-electron chi connectivity index (χ1n) is 30.8. The van der Waals surface area contributed by atoms with Gasteiger partial charge in [-0.3, -0.25) is 67.1 Å². The number of benzene rings is 2. The quantitative estimate of drug-likeness (QED) is 0.0899. The van der Waals surface area contributed by atoms with E-state index in [-0.39, 0.29) is 11.5 Å². The summed E-state index contributed by atoms with van der Waals surface area (Å²) in [6.07, 6.45) is -34.4. The number of carbonyl (C=O) groups excluding carboxylic acids is 14. The maximum Gasteiger partial charge on any atom is 0.303 e. The summed E-state index contributed by atoms with van der Waals surface area (Å²) in [5.41, 5.74) is 1.04. The van der Waals surface area contributed by atoms with Crippen molar-refractivity contribution in [2.45, 2.75) is 220 Å². The van der Waals surface area contributed by atoms with Crippen LogP contribution >= 0.6 is 0 Å². The highest BCUT2D eigenvalue weighted by Gasteiger charge is 2.60. The Bertz CT molecular complexity index is 3060. The molecule has 4 saturated heterocycles. The lowest BCUT2D eigenvalue weighted by Crippen LogP contribution is -2.67. The molecule has 4 aliphatic rings. The van der Waals surface area contributed by atoms with Crippen molar-refractivity contribution in [2.75, 3.05) is 26.4 Å². The van der Waals surface area contributed by atoms with Gasteiger partial charge in [-0.15, -0.1) is 0 Å². The minimum absolute atomic E-state index is 0.0330. The van der Waals surface area contributed by atoms with E-state index in [4.69, 9.17) is 104 Å². The highest BCUT2D eigenvalue weighted by molar-refractivity contribution is 5.72. The van der Waals surface area contributed by atoms with E-state index in [1.54, 1.807) is 24.3 Å². The van der Waals surface area contributed by atoms with Gasteiger partial charge in [0.25, 0.3) is 0 Å². The summed E-state index contributed by atoms with van der Waals surface area (Å²) in [5, 5.41) is 0. The topological polar surface area (TPSA) is 442 Å². The second-order valence-corrected chi connectivity index (χ2v) is 22.6. The van der Waals surface area contributed by atoms with E-state index >= 15 is 0 Å². The Hall–Kier alpha value is -9.62. The van der Waals surface area contributed by atoms with Crippen LogP contribution in [0.1, 0.15) is 96.9 Å². The Labute approximate surface area is 570 Å². The molecule has 0 unspecified atom stereocenters. The number of rotatable bonds is 27. The second-order valence-electron chi connectivity index (χ2n) is 22.6. The molecule has 4 aliphatic heterocycles. The number of hydrogen-bond donors (Lipinski definition) is 0. The van der Waals surface area contributed by atoms with Crippen molar-refractivity contribution >= 4 is 83.6 Å². The van der Waals surface area contributed by atoms with Gasteiger partial charge in [-0.25, -0.2) is 0 Å². The van der Waals surface area contributed by atoms with Gasteiger partial charge >= 0.3 is 83.6 Å². The van der Waals surface area contributed by atoms with Gasteiger partial charge < -0.3 is 104 Å². The standard InChI is InChI=1S/C64H78O36/c1-27(65)79-23-45-49(83-31(5)69)53(85-33(7)71)59(91-39(13)77)63(97-45)99-51-47(25-81-29(3)67)95-61(57(89-37(11)75)55(51)87-35(9)73)93-43-19-15-41(16-20-43)42-17-21-44(22-18-42)94-62-58(90-38(12)76)56(88-36(10)74)52(48(96-62)26-82-30(4)68)100-64-60(92-40(14)78)54(86-34(8)72)50(84-32(6)70)46(98-64)24-80-28(2)66/h15-22,45-64H,23-26H2,1-14H3/t45-,46-,47-,48-,49+,50+,51-,52-,53+,54+,55+,56+,57-,58-,59-,60-,61-,62-,63+,64+/m1/s1. The lowest BCUT2D eigenvalue weighted by atomic mass is 9.96. The zero-order valence-electron chi connectivity index (χ0n) is 56.7.